The van der Waals surface area contributed by atoms with Crippen LogP contribution in [0.5, 0.6) is 0 Å². The minimum Gasteiger partial charge on any atom is -0.360 e. The molecular weight excluding hydrogens is 238 g/mol. The number of aryl methyl sites for hydroxylation is 2. The SMILES string of the molecule is CCCNC(=O)/C(C#N)=C\Nc1cc(C)cc(C)c1. The maximum Gasteiger partial charge on any atom is 0.263 e. The Hall–Kier alpha value is -2.28. The van der Waals surface area contributed by atoms with Crippen molar-refractivity contribution in [2.24, 2.45) is 0 Å². The van der Waals surface area contributed by atoms with Gasteiger partial charge in [0, 0.05) is 18.4 Å². The lowest BCUT2D eigenvalue weighted by Gasteiger charge is -2.06. The molecule has 0 saturated heterocycles. The van der Waals surface area contributed by atoms with Crippen LogP contribution in [0.1, 0.15) is 24.5 Å². The molecule has 100 valence electrons. The van der Waals surface area contributed by atoms with Gasteiger partial charge in [0.15, 0.2) is 0 Å². The second kappa shape index (κ2) is 7.22. The molecule has 0 aromatic heterocycles. The van der Waals surface area contributed by atoms with Gasteiger partial charge in [0.1, 0.15) is 11.6 Å². The zero-order valence-electron chi connectivity index (χ0n) is 11.6. The predicted octanol–water partition coefficient (Wildman–Crippen LogP) is 2.65. The molecule has 1 rings (SSSR count). The van der Waals surface area contributed by atoms with Crippen molar-refractivity contribution in [3.63, 3.8) is 0 Å². The quantitative estimate of drug-likeness (QED) is 0.629. The number of amides is 1. The first kappa shape index (κ1) is 14.8. The highest BCUT2D eigenvalue weighted by atomic mass is 16.1. The monoisotopic (exact) mass is 257 g/mol. The van der Waals surface area contributed by atoms with Crippen molar-refractivity contribution in [2.45, 2.75) is 27.2 Å². The van der Waals surface area contributed by atoms with Crippen molar-refractivity contribution in [3.05, 3.63) is 41.1 Å². The fourth-order valence-electron chi connectivity index (χ4n) is 1.70. The van der Waals surface area contributed by atoms with Crippen molar-refractivity contribution >= 4 is 11.6 Å². The van der Waals surface area contributed by atoms with Gasteiger partial charge in [0.05, 0.1) is 0 Å². The van der Waals surface area contributed by atoms with E-state index in [1.54, 1.807) is 0 Å². The van der Waals surface area contributed by atoms with Gasteiger partial charge in [-0.3, -0.25) is 4.79 Å². The number of nitrogens with zero attached hydrogens (tertiary/aromatic N) is 1. The summed E-state index contributed by atoms with van der Waals surface area (Å²) in [6.45, 7) is 6.54. The number of benzene rings is 1. The number of carbonyl (C=O) groups is 1. The normalized spacial score (nSPS) is 10.7. The summed E-state index contributed by atoms with van der Waals surface area (Å²) in [7, 11) is 0. The molecule has 0 atom stereocenters. The van der Waals surface area contributed by atoms with E-state index in [1.807, 2.05) is 39.0 Å². The molecule has 1 aromatic carbocycles. The Balaban J connectivity index is 2.77. The summed E-state index contributed by atoms with van der Waals surface area (Å²) in [6.07, 6.45) is 2.29. The third kappa shape index (κ3) is 4.84. The fraction of sp³-hybridized carbons (Fsp3) is 0.333. The summed E-state index contributed by atoms with van der Waals surface area (Å²) in [5, 5.41) is 14.6. The van der Waals surface area contributed by atoms with Crippen molar-refractivity contribution in [3.8, 4) is 6.07 Å². The Bertz CT molecular complexity index is 506. The topological polar surface area (TPSA) is 64.9 Å². The lowest BCUT2D eigenvalue weighted by molar-refractivity contribution is -0.117. The summed E-state index contributed by atoms with van der Waals surface area (Å²) < 4.78 is 0. The third-order valence-corrected chi connectivity index (χ3v) is 2.51. The molecular formula is C15H19N3O. The number of anilines is 1. The van der Waals surface area contributed by atoms with Crippen LogP contribution in [0.25, 0.3) is 0 Å². The zero-order chi connectivity index (χ0) is 14.3. The Morgan fingerprint density at radius 1 is 1.32 bits per heavy atom. The first-order chi connectivity index (χ1) is 9.06. The van der Waals surface area contributed by atoms with Gasteiger partial charge in [0.2, 0.25) is 0 Å². The van der Waals surface area contributed by atoms with Crippen LogP contribution in [-0.2, 0) is 4.79 Å². The summed E-state index contributed by atoms with van der Waals surface area (Å²) in [5.41, 5.74) is 3.20. The molecule has 0 aliphatic rings. The molecule has 0 saturated carbocycles. The van der Waals surface area contributed by atoms with E-state index in [0.717, 1.165) is 23.2 Å². The highest BCUT2D eigenvalue weighted by Crippen LogP contribution is 2.14. The lowest BCUT2D eigenvalue weighted by Crippen LogP contribution is -2.25. The lowest BCUT2D eigenvalue weighted by atomic mass is 10.1. The highest BCUT2D eigenvalue weighted by molar-refractivity contribution is 5.97. The fourth-order valence-corrected chi connectivity index (χ4v) is 1.70. The predicted molar refractivity (Wildman–Crippen MR) is 76.5 cm³/mol. The van der Waals surface area contributed by atoms with Crippen LogP contribution in [-0.4, -0.2) is 12.5 Å². The maximum absolute atomic E-state index is 11.6. The van der Waals surface area contributed by atoms with Gasteiger partial charge >= 0.3 is 0 Å². The van der Waals surface area contributed by atoms with Gasteiger partial charge in [-0.25, -0.2) is 0 Å². The van der Waals surface area contributed by atoms with Crippen LogP contribution in [0.2, 0.25) is 0 Å². The van der Waals surface area contributed by atoms with Crippen LogP contribution in [0, 0.1) is 25.2 Å². The minimum absolute atomic E-state index is 0.0765. The van der Waals surface area contributed by atoms with Crippen LogP contribution < -0.4 is 10.6 Å². The first-order valence-corrected chi connectivity index (χ1v) is 6.30. The molecule has 19 heavy (non-hydrogen) atoms. The van der Waals surface area contributed by atoms with E-state index in [-0.39, 0.29) is 11.5 Å². The molecule has 1 amide bonds. The molecule has 2 N–H and O–H groups in total. The number of nitriles is 1. The van der Waals surface area contributed by atoms with Gasteiger partial charge in [0.25, 0.3) is 5.91 Å². The van der Waals surface area contributed by atoms with Gasteiger partial charge in [-0.1, -0.05) is 13.0 Å². The Morgan fingerprint density at radius 2 is 1.95 bits per heavy atom. The Kier molecular flexibility index (Phi) is 5.62. The third-order valence-electron chi connectivity index (χ3n) is 2.51. The summed E-state index contributed by atoms with van der Waals surface area (Å²) in [6, 6.07) is 7.88. The maximum atomic E-state index is 11.6. The molecule has 4 nitrogen and oxygen atoms in total. The molecule has 0 aliphatic carbocycles. The van der Waals surface area contributed by atoms with Crippen molar-refractivity contribution in [2.75, 3.05) is 11.9 Å². The molecule has 0 bridgehead atoms. The van der Waals surface area contributed by atoms with Gasteiger partial charge in [-0.2, -0.15) is 5.26 Å². The molecule has 0 aliphatic heterocycles. The number of hydrogen-bond donors (Lipinski definition) is 2. The average Bonchev–Trinajstić information content (AvgIpc) is 2.35. The number of hydrogen-bond acceptors (Lipinski definition) is 3. The minimum atomic E-state index is -0.346. The number of nitrogens with one attached hydrogen (secondary N) is 2. The zero-order valence-corrected chi connectivity index (χ0v) is 11.6. The van der Waals surface area contributed by atoms with Crippen LogP contribution in [0.4, 0.5) is 5.69 Å². The standard InChI is InChI=1S/C15H19N3O/c1-4-5-17-15(19)13(9-16)10-18-14-7-11(2)6-12(3)8-14/h6-8,10,18H,4-5H2,1-3H3,(H,17,19)/b13-10-. The van der Waals surface area contributed by atoms with Crippen LogP contribution in [0.15, 0.2) is 30.0 Å². The van der Waals surface area contributed by atoms with Crippen LogP contribution in [0.3, 0.4) is 0 Å². The van der Waals surface area contributed by atoms with E-state index >= 15 is 0 Å². The van der Waals surface area contributed by atoms with Crippen LogP contribution >= 0.6 is 0 Å². The Labute approximate surface area is 114 Å². The molecule has 0 radical (unpaired) electrons. The van der Waals surface area contributed by atoms with E-state index in [9.17, 15) is 4.79 Å². The van der Waals surface area contributed by atoms with Crippen molar-refractivity contribution < 1.29 is 4.79 Å². The number of rotatable bonds is 5. The molecule has 0 fully saturated rings. The van der Waals surface area contributed by atoms with Crippen molar-refractivity contribution in [1.29, 1.82) is 5.26 Å². The van der Waals surface area contributed by atoms with Crippen molar-refractivity contribution in [1.82, 2.24) is 5.32 Å². The molecule has 0 unspecified atom stereocenters. The van der Waals surface area contributed by atoms with E-state index in [1.165, 1.54) is 6.20 Å². The van der Waals surface area contributed by atoms with E-state index in [0.29, 0.717) is 6.54 Å². The second-order valence-electron chi connectivity index (χ2n) is 4.45. The Morgan fingerprint density at radius 3 is 2.47 bits per heavy atom. The van der Waals surface area contributed by atoms with Gasteiger partial charge < -0.3 is 10.6 Å². The average molecular weight is 257 g/mol. The van der Waals surface area contributed by atoms with Gasteiger partial charge in [-0.15, -0.1) is 0 Å². The largest absolute Gasteiger partial charge is 0.360 e. The smallest absolute Gasteiger partial charge is 0.263 e. The highest BCUT2D eigenvalue weighted by Gasteiger charge is 2.07. The van der Waals surface area contributed by atoms with E-state index < -0.39 is 0 Å². The van der Waals surface area contributed by atoms with E-state index in [4.69, 9.17) is 5.26 Å². The summed E-state index contributed by atoms with van der Waals surface area (Å²) in [4.78, 5) is 11.6. The van der Waals surface area contributed by atoms with Gasteiger partial charge in [-0.05, 0) is 43.5 Å². The summed E-state index contributed by atoms with van der Waals surface area (Å²) >= 11 is 0. The summed E-state index contributed by atoms with van der Waals surface area (Å²) in [5.74, 6) is -0.346. The molecule has 1 aromatic rings. The first-order valence-electron chi connectivity index (χ1n) is 6.30. The number of carbonyl (C=O) groups excluding carboxylic acids is 1. The molecule has 4 heteroatoms. The molecule has 0 heterocycles. The van der Waals surface area contributed by atoms with E-state index in [2.05, 4.69) is 16.7 Å². The molecule has 0 spiro atoms. The second-order valence-corrected chi connectivity index (χ2v) is 4.45.